The minimum absolute atomic E-state index is 0.0466. The Labute approximate surface area is 141 Å². The van der Waals surface area contributed by atoms with Crippen LogP contribution in [0.15, 0.2) is 53.5 Å². The number of aryl methyl sites for hydroxylation is 1. The summed E-state index contributed by atoms with van der Waals surface area (Å²) >= 11 is 0. The van der Waals surface area contributed by atoms with Gasteiger partial charge in [-0.15, -0.1) is 0 Å². The third-order valence-electron chi connectivity index (χ3n) is 4.49. The Morgan fingerprint density at radius 2 is 1.96 bits per heavy atom. The van der Waals surface area contributed by atoms with Gasteiger partial charge >= 0.3 is 0 Å². The molecule has 0 radical (unpaired) electrons. The molecule has 2 aromatic rings. The van der Waals surface area contributed by atoms with Gasteiger partial charge in [-0.25, -0.2) is 0 Å². The van der Waals surface area contributed by atoms with E-state index in [2.05, 4.69) is 19.2 Å². The summed E-state index contributed by atoms with van der Waals surface area (Å²) in [6.45, 7) is 5.35. The molecule has 2 heterocycles. The molecule has 0 spiro atoms. The Morgan fingerprint density at radius 3 is 2.71 bits per heavy atom. The molecule has 0 saturated heterocycles. The van der Waals surface area contributed by atoms with E-state index in [1.54, 1.807) is 22.9 Å². The van der Waals surface area contributed by atoms with Crippen LogP contribution >= 0.6 is 0 Å². The number of carbonyl (C=O) groups is 1. The van der Waals surface area contributed by atoms with Crippen molar-refractivity contribution < 1.29 is 4.79 Å². The second kappa shape index (κ2) is 6.91. The highest BCUT2D eigenvalue weighted by molar-refractivity contribution is 5.97. The number of anilines is 2. The molecule has 24 heavy (non-hydrogen) atoms. The SMILES string of the molecule is CC(C)[C@@H]1CN(C(=O)CCn2ccccc2=O)c2ccccc2N1. The highest BCUT2D eigenvalue weighted by atomic mass is 16.2. The molecule has 0 aliphatic carbocycles. The number of carbonyl (C=O) groups excluding carboxylic acids is 1. The lowest BCUT2D eigenvalue weighted by atomic mass is 9.99. The smallest absolute Gasteiger partial charge is 0.250 e. The van der Waals surface area contributed by atoms with E-state index in [1.165, 1.54) is 6.07 Å². The summed E-state index contributed by atoms with van der Waals surface area (Å²) < 4.78 is 1.58. The number of aromatic nitrogens is 1. The van der Waals surface area contributed by atoms with E-state index in [-0.39, 0.29) is 17.5 Å². The van der Waals surface area contributed by atoms with E-state index < -0.39 is 0 Å². The van der Waals surface area contributed by atoms with Crippen molar-refractivity contribution in [3.63, 3.8) is 0 Å². The molecule has 1 atom stereocenters. The molecule has 1 aromatic carbocycles. The molecule has 1 amide bonds. The molecular weight excluding hydrogens is 302 g/mol. The Balaban J connectivity index is 1.78. The van der Waals surface area contributed by atoms with Crippen LogP contribution < -0.4 is 15.8 Å². The molecule has 1 aromatic heterocycles. The molecule has 0 unspecified atom stereocenters. The van der Waals surface area contributed by atoms with Crippen LogP contribution in [0, 0.1) is 5.92 Å². The minimum Gasteiger partial charge on any atom is -0.379 e. The molecule has 1 N–H and O–H groups in total. The van der Waals surface area contributed by atoms with Gasteiger partial charge in [-0.1, -0.05) is 32.0 Å². The van der Waals surface area contributed by atoms with Gasteiger partial charge in [0, 0.05) is 37.8 Å². The fourth-order valence-corrected chi connectivity index (χ4v) is 2.98. The molecule has 0 saturated carbocycles. The van der Waals surface area contributed by atoms with Crippen LogP contribution in [0.5, 0.6) is 0 Å². The Kier molecular flexibility index (Phi) is 4.69. The first kappa shape index (κ1) is 16.3. The summed E-state index contributed by atoms with van der Waals surface area (Å²) in [5, 5.41) is 3.52. The highest BCUT2D eigenvalue weighted by Crippen LogP contribution is 2.32. The number of rotatable bonds is 4. The molecule has 0 bridgehead atoms. The normalized spacial score (nSPS) is 16.6. The molecule has 5 nitrogen and oxygen atoms in total. The number of para-hydroxylation sites is 2. The molecule has 1 aliphatic rings. The van der Waals surface area contributed by atoms with Crippen molar-refractivity contribution in [3.05, 3.63) is 59.0 Å². The number of hydrogen-bond donors (Lipinski definition) is 1. The Morgan fingerprint density at radius 1 is 1.21 bits per heavy atom. The van der Waals surface area contributed by atoms with E-state index >= 15 is 0 Å². The van der Waals surface area contributed by atoms with Gasteiger partial charge in [0.15, 0.2) is 0 Å². The van der Waals surface area contributed by atoms with Crippen LogP contribution in [-0.2, 0) is 11.3 Å². The monoisotopic (exact) mass is 325 g/mol. The topological polar surface area (TPSA) is 54.3 Å². The lowest BCUT2D eigenvalue weighted by Crippen LogP contribution is -2.47. The maximum absolute atomic E-state index is 12.8. The largest absolute Gasteiger partial charge is 0.379 e. The zero-order chi connectivity index (χ0) is 17.1. The van der Waals surface area contributed by atoms with E-state index in [0.29, 0.717) is 25.4 Å². The van der Waals surface area contributed by atoms with Crippen molar-refractivity contribution >= 4 is 17.3 Å². The van der Waals surface area contributed by atoms with Gasteiger partial charge in [0.05, 0.1) is 11.4 Å². The lowest BCUT2D eigenvalue weighted by molar-refractivity contribution is -0.118. The zero-order valence-electron chi connectivity index (χ0n) is 14.1. The average molecular weight is 325 g/mol. The van der Waals surface area contributed by atoms with Gasteiger partial charge < -0.3 is 14.8 Å². The van der Waals surface area contributed by atoms with Crippen LogP contribution in [0.3, 0.4) is 0 Å². The van der Waals surface area contributed by atoms with Crippen molar-refractivity contribution in [2.75, 3.05) is 16.8 Å². The van der Waals surface area contributed by atoms with E-state index in [0.717, 1.165) is 11.4 Å². The van der Waals surface area contributed by atoms with Crippen molar-refractivity contribution in [1.82, 2.24) is 4.57 Å². The van der Waals surface area contributed by atoms with Gasteiger partial charge in [0.25, 0.3) is 5.56 Å². The summed E-state index contributed by atoms with van der Waals surface area (Å²) in [4.78, 5) is 26.4. The fourth-order valence-electron chi connectivity index (χ4n) is 2.98. The van der Waals surface area contributed by atoms with Crippen LogP contribution in [0.25, 0.3) is 0 Å². The average Bonchev–Trinajstić information content (AvgIpc) is 2.59. The standard InChI is InChI=1S/C19H23N3O2/c1-14(2)16-13-22(17-8-4-3-7-15(17)20-16)19(24)10-12-21-11-6-5-9-18(21)23/h3-9,11,14,16,20H,10,12-13H2,1-2H3/t16-/m0/s1. The van der Waals surface area contributed by atoms with E-state index in [4.69, 9.17) is 0 Å². The van der Waals surface area contributed by atoms with E-state index in [1.807, 2.05) is 29.2 Å². The van der Waals surface area contributed by atoms with Gasteiger partial charge in [0.2, 0.25) is 5.91 Å². The van der Waals surface area contributed by atoms with Crippen LogP contribution in [0.4, 0.5) is 11.4 Å². The minimum atomic E-state index is -0.0777. The lowest BCUT2D eigenvalue weighted by Gasteiger charge is -2.37. The number of amides is 1. The molecule has 126 valence electrons. The molecule has 3 rings (SSSR count). The zero-order valence-corrected chi connectivity index (χ0v) is 14.1. The predicted molar refractivity (Wildman–Crippen MR) is 96.4 cm³/mol. The number of nitrogens with one attached hydrogen (secondary N) is 1. The van der Waals surface area contributed by atoms with Crippen molar-refractivity contribution in [1.29, 1.82) is 0 Å². The summed E-state index contributed by atoms with van der Waals surface area (Å²) in [5.74, 6) is 0.468. The van der Waals surface area contributed by atoms with Crippen LogP contribution in [0.1, 0.15) is 20.3 Å². The van der Waals surface area contributed by atoms with Crippen molar-refractivity contribution in [3.8, 4) is 0 Å². The van der Waals surface area contributed by atoms with E-state index in [9.17, 15) is 9.59 Å². The number of fused-ring (bicyclic) bond motifs is 1. The predicted octanol–water partition coefficient (Wildman–Crippen LogP) is 2.72. The summed E-state index contributed by atoms with van der Waals surface area (Å²) in [6.07, 6.45) is 2.03. The Bertz CT molecular complexity index is 782. The van der Waals surface area contributed by atoms with Gasteiger partial charge in [-0.2, -0.15) is 0 Å². The summed E-state index contributed by atoms with van der Waals surface area (Å²) in [7, 11) is 0. The molecule has 1 aliphatic heterocycles. The Hall–Kier alpha value is -2.56. The number of nitrogens with zero attached hydrogens (tertiary/aromatic N) is 2. The molecular formula is C19H23N3O2. The number of benzene rings is 1. The summed E-state index contributed by atoms with van der Waals surface area (Å²) in [6, 6.07) is 13.1. The fraction of sp³-hybridized carbons (Fsp3) is 0.368. The third-order valence-corrected chi connectivity index (χ3v) is 4.49. The third kappa shape index (κ3) is 3.35. The van der Waals surface area contributed by atoms with Gasteiger partial charge in [-0.05, 0) is 24.1 Å². The van der Waals surface area contributed by atoms with Crippen LogP contribution in [0.2, 0.25) is 0 Å². The van der Waals surface area contributed by atoms with Gasteiger partial charge in [0.1, 0.15) is 0 Å². The highest BCUT2D eigenvalue weighted by Gasteiger charge is 2.29. The van der Waals surface area contributed by atoms with Crippen molar-refractivity contribution in [2.24, 2.45) is 5.92 Å². The number of pyridine rings is 1. The second-order valence-electron chi connectivity index (χ2n) is 6.50. The number of hydrogen-bond acceptors (Lipinski definition) is 3. The first-order valence-electron chi connectivity index (χ1n) is 8.37. The first-order chi connectivity index (χ1) is 11.6. The van der Waals surface area contributed by atoms with Crippen molar-refractivity contribution in [2.45, 2.75) is 32.9 Å². The maximum Gasteiger partial charge on any atom is 0.250 e. The summed E-state index contributed by atoms with van der Waals surface area (Å²) in [5.41, 5.74) is 1.83. The second-order valence-corrected chi connectivity index (χ2v) is 6.50. The maximum atomic E-state index is 12.8. The molecule has 0 fully saturated rings. The van der Waals surface area contributed by atoms with Gasteiger partial charge in [-0.3, -0.25) is 9.59 Å². The quantitative estimate of drug-likeness (QED) is 0.940. The van der Waals surface area contributed by atoms with Crippen LogP contribution in [-0.4, -0.2) is 23.1 Å². The molecule has 5 heteroatoms. The first-order valence-corrected chi connectivity index (χ1v) is 8.37.